The van der Waals surface area contributed by atoms with E-state index in [2.05, 4.69) is 5.32 Å². The van der Waals surface area contributed by atoms with Crippen LogP contribution in [-0.4, -0.2) is 25.4 Å². The van der Waals surface area contributed by atoms with Gasteiger partial charge in [-0.15, -0.1) is 0 Å². The highest BCUT2D eigenvalue weighted by Crippen LogP contribution is 2.26. The fourth-order valence-corrected chi connectivity index (χ4v) is 1.57. The van der Waals surface area contributed by atoms with E-state index in [1.807, 2.05) is 0 Å². The summed E-state index contributed by atoms with van der Waals surface area (Å²) in [5, 5.41) is 2.80. The van der Waals surface area contributed by atoms with Gasteiger partial charge < -0.3 is 10.1 Å². The first-order valence-electron chi connectivity index (χ1n) is 5.16. The van der Waals surface area contributed by atoms with Gasteiger partial charge in [0.05, 0.1) is 19.1 Å². The molecular weight excluding hydrogens is 207 g/mol. The largest absolute Gasteiger partial charge is 0.497 e. The van der Waals surface area contributed by atoms with Crippen molar-refractivity contribution < 1.29 is 17.9 Å². The molecule has 1 unspecified atom stereocenters. The van der Waals surface area contributed by atoms with E-state index >= 15 is 0 Å². The Morgan fingerprint density at radius 3 is 2.73 bits per heavy atom. The molecular formula is C10H16F3NO. The van der Waals surface area contributed by atoms with E-state index in [4.69, 9.17) is 4.74 Å². The van der Waals surface area contributed by atoms with Gasteiger partial charge >= 0.3 is 6.18 Å². The SMILES string of the molecule is CCNC(CC(F)(F)F)C1=CCCCO1. The molecule has 1 aliphatic heterocycles. The van der Waals surface area contributed by atoms with Crippen LogP contribution < -0.4 is 5.32 Å². The van der Waals surface area contributed by atoms with Gasteiger partial charge in [0.25, 0.3) is 0 Å². The third-order valence-electron chi connectivity index (χ3n) is 2.19. The number of rotatable bonds is 4. The molecule has 0 aliphatic carbocycles. The average molecular weight is 223 g/mol. The van der Waals surface area contributed by atoms with Gasteiger partial charge in [-0.2, -0.15) is 13.2 Å². The van der Waals surface area contributed by atoms with Crippen LogP contribution in [0.4, 0.5) is 13.2 Å². The average Bonchev–Trinajstić information content (AvgIpc) is 2.17. The molecule has 15 heavy (non-hydrogen) atoms. The standard InChI is InChI=1S/C10H16F3NO/c1-2-14-8(7-10(11,12)13)9-5-3-4-6-15-9/h5,8,14H,2-4,6-7H2,1H3. The Hall–Kier alpha value is -0.710. The maximum atomic E-state index is 12.3. The van der Waals surface area contributed by atoms with Crippen LogP contribution >= 0.6 is 0 Å². The van der Waals surface area contributed by atoms with E-state index < -0.39 is 18.6 Å². The van der Waals surface area contributed by atoms with E-state index in [1.54, 1.807) is 13.0 Å². The van der Waals surface area contributed by atoms with Gasteiger partial charge in [-0.1, -0.05) is 6.92 Å². The molecule has 0 aromatic heterocycles. The Morgan fingerprint density at radius 2 is 2.27 bits per heavy atom. The topological polar surface area (TPSA) is 21.3 Å². The summed E-state index contributed by atoms with van der Waals surface area (Å²) >= 11 is 0. The van der Waals surface area contributed by atoms with Crippen LogP contribution in [0.1, 0.15) is 26.2 Å². The Labute approximate surface area is 87.5 Å². The van der Waals surface area contributed by atoms with Gasteiger partial charge in [0.1, 0.15) is 5.76 Å². The van der Waals surface area contributed by atoms with Crippen molar-refractivity contribution in [3.8, 4) is 0 Å². The Balaban J connectivity index is 2.60. The molecule has 5 heteroatoms. The van der Waals surface area contributed by atoms with E-state index in [1.165, 1.54) is 0 Å². The summed E-state index contributed by atoms with van der Waals surface area (Å²) in [7, 11) is 0. The normalized spacial score (nSPS) is 19.3. The van der Waals surface area contributed by atoms with Gasteiger partial charge in [0, 0.05) is 0 Å². The van der Waals surface area contributed by atoms with Crippen LogP contribution in [-0.2, 0) is 4.74 Å². The number of allylic oxidation sites excluding steroid dienone is 1. The smallest absolute Gasteiger partial charge is 0.391 e. The Morgan fingerprint density at radius 1 is 1.53 bits per heavy atom. The van der Waals surface area contributed by atoms with Crippen LogP contribution in [0, 0.1) is 0 Å². The molecule has 0 radical (unpaired) electrons. The zero-order valence-corrected chi connectivity index (χ0v) is 8.73. The van der Waals surface area contributed by atoms with E-state index in [0.717, 1.165) is 12.8 Å². The van der Waals surface area contributed by atoms with Crippen molar-refractivity contribution >= 4 is 0 Å². The zero-order valence-electron chi connectivity index (χ0n) is 8.73. The van der Waals surface area contributed by atoms with Crippen LogP contribution in [0.5, 0.6) is 0 Å². The predicted octanol–water partition coefficient (Wildman–Crippen LogP) is 2.61. The molecule has 1 N–H and O–H groups in total. The molecule has 0 saturated heterocycles. The minimum absolute atomic E-state index is 0.445. The summed E-state index contributed by atoms with van der Waals surface area (Å²) in [6.45, 7) is 2.81. The molecule has 2 nitrogen and oxygen atoms in total. The first-order valence-corrected chi connectivity index (χ1v) is 5.16. The number of alkyl halides is 3. The van der Waals surface area contributed by atoms with Crippen molar-refractivity contribution in [2.45, 2.75) is 38.4 Å². The summed E-state index contributed by atoms with van der Waals surface area (Å²) in [5.41, 5.74) is 0. The number of nitrogens with one attached hydrogen (secondary N) is 1. The highest BCUT2D eigenvalue weighted by Gasteiger charge is 2.34. The van der Waals surface area contributed by atoms with E-state index in [9.17, 15) is 13.2 Å². The molecule has 1 atom stereocenters. The first kappa shape index (κ1) is 12.4. The van der Waals surface area contributed by atoms with Crippen molar-refractivity contribution in [2.75, 3.05) is 13.2 Å². The molecule has 1 aliphatic rings. The zero-order chi connectivity index (χ0) is 11.3. The lowest BCUT2D eigenvalue weighted by molar-refractivity contribution is -0.140. The maximum Gasteiger partial charge on any atom is 0.391 e. The quantitative estimate of drug-likeness (QED) is 0.791. The van der Waals surface area contributed by atoms with Gasteiger partial charge in [0.2, 0.25) is 0 Å². The number of ether oxygens (including phenoxy) is 1. The molecule has 0 aromatic rings. The third-order valence-corrected chi connectivity index (χ3v) is 2.19. The van der Waals surface area contributed by atoms with E-state index in [-0.39, 0.29) is 0 Å². The second-order valence-corrected chi connectivity index (χ2v) is 3.53. The second kappa shape index (κ2) is 5.39. The predicted molar refractivity (Wildman–Crippen MR) is 51.4 cm³/mol. The summed E-state index contributed by atoms with van der Waals surface area (Å²) in [6.07, 6.45) is -1.59. The maximum absolute atomic E-state index is 12.3. The second-order valence-electron chi connectivity index (χ2n) is 3.53. The monoisotopic (exact) mass is 223 g/mol. The van der Waals surface area contributed by atoms with Crippen molar-refractivity contribution in [2.24, 2.45) is 0 Å². The van der Waals surface area contributed by atoms with Gasteiger partial charge in [0.15, 0.2) is 0 Å². The lowest BCUT2D eigenvalue weighted by Crippen LogP contribution is -2.36. The van der Waals surface area contributed by atoms with Crippen LogP contribution in [0.25, 0.3) is 0 Å². The molecule has 1 rings (SSSR count). The molecule has 88 valence electrons. The molecule has 1 heterocycles. The lowest BCUT2D eigenvalue weighted by atomic mass is 10.1. The minimum atomic E-state index is -4.16. The summed E-state index contributed by atoms with van der Waals surface area (Å²) in [5.74, 6) is 0.445. The Kier molecular flexibility index (Phi) is 4.45. The lowest BCUT2D eigenvalue weighted by Gasteiger charge is -2.25. The van der Waals surface area contributed by atoms with Gasteiger partial charge in [-0.05, 0) is 25.5 Å². The fraction of sp³-hybridized carbons (Fsp3) is 0.800. The fourth-order valence-electron chi connectivity index (χ4n) is 1.57. The molecule has 0 saturated carbocycles. The third kappa shape index (κ3) is 4.55. The summed E-state index contributed by atoms with van der Waals surface area (Å²) in [6, 6.07) is -0.727. The number of hydrogen-bond donors (Lipinski definition) is 1. The summed E-state index contributed by atoms with van der Waals surface area (Å²) < 4.78 is 42.0. The Bertz CT molecular complexity index is 225. The molecule has 0 bridgehead atoms. The molecule has 0 fully saturated rings. The van der Waals surface area contributed by atoms with Crippen molar-refractivity contribution in [1.82, 2.24) is 5.32 Å². The highest BCUT2D eigenvalue weighted by molar-refractivity contribution is 5.06. The number of halogens is 3. The minimum Gasteiger partial charge on any atom is -0.497 e. The number of hydrogen-bond acceptors (Lipinski definition) is 2. The van der Waals surface area contributed by atoms with Crippen LogP contribution in [0.15, 0.2) is 11.8 Å². The van der Waals surface area contributed by atoms with Crippen LogP contribution in [0.3, 0.4) is 0 Å². The molecule has 0 amide bonds. The van der Waals surface area contributed by atoms with Crippen LogP contribution in [0.2, 0.25) is 0 Å². The van der Waals surface area contributed by atoms with Gasteiger partial charge in [-0.25, -0.2) is 0 Å². The summed E-state index contributed by atoms with van der Waals surface area (Å²) in [4.78, 5) is 0. The highest BCUT2D eigenvalue weighted by atomic mass is 19.4. The molecule has 0 aromatic carbocycles. The van der Waals surface area contributed by atoms with E-state index in [0.29, 0.717) is 18.9 Å². The molecule has 0 spiro atoms. The van der Waals surface area contributed by atoms with Gasteiger partial charge in [-0.3, -0.25) is 0 Å². The number of likely N-dealkylation sites (N-methyl/N-ethyl adjacent to an activating group) is 1. The van der Waals surface area contributed by atoms with Crippen molar-refractivity contribution in [3.05, 3.63) is 11.8 Å². The van der Waals surface area contributed by atoms with Crippen molar-refractivity contribution in [1.29, 1.82) is 0 Å². The van der Waals surface area contributed by atoms with Crippen molar-refractivity contribution in [3.63, 3.8) is 0 Å². The first-order chi connectivity index (χ1) is 7.03.